The molecule has 0 aliphatic carbocycles. The molecule has 0 aromatic heterocycles. The van der Waals surface area contributed by atoms with E-state index in [9.17, 15) is 8.78 Å². The maximum Gasteiger partial charge on any atom is 0.387 e. The fourth-order valence-electron chi connectivity index (χ4n) is 1.16. The Morgan fingerprint density at radius 1 is 1.40 bits per heavy atom. The Labute approximate surface area is 101 Å². The van der Waals surface area contributed by atoms with Gasteiger partial charge in [0.25, 0.3) is 0 Å². The summed E-state index contributed by atoms with van der Waals surface area (Å²) >= 11 is 9.01. The summed E-state index contributed by atoms with van der Waals surface area (Å²) in [5.41, 5.74) is 0.939. The maximum atomic E-state index is 12.0. The van der Waals surface area contributed by atoms with Crippen LogP contribution in [0.2, 0.25) is 5.02 Å². The van der Waals surface area contributed by atoms with Crippen molar-refractivity contribution < 1.29 is 13.5 Å². The molecule has 15 heavy (non-hydrogen) atoms. The van der Waals surface area contributed by atoms with Crippen LogP contribution in [-0.4, -0.2) is 11.9 Å². The SMILES string of the molecule is FC(F)Oc1cc(CCCBr)ccc1Cl. The van der Waals surface area contributed by atoms with Gasteiger partial charge < -0.3 is 4.74 Å². The molecule has 0 saturated carbocycles. The molecule has 0 atom stereocenters. The molecule has 0 aliphatic heterocycles. The molecule has 0 heterocycles. The average molecular weight is 300 g/mol. The molecule has 1 rings (SSSR count). The number of ether oxygens (including phenoxy) is 1. The van der Waals surface area contributed by atoms with Crippen molar-refractivity contribution in [1.82, 2.24) is 0 Å². The Balaban J connectivity index is 2.75. The van der Waals surface area contributed by atoms with Crippen molar-refractivity contribution in [2.24, 2.45) is 0 Å². The van der Waals surface area contributed by atoms with Crippen molar-refractivity contribution in [1.29, 1.82) is 0 Å². The molecule has 1 aromatic carbocycles. The van der Waals surface area contributed by atoms with Crippen LogP contribution in [0.5, 0.6) is 5.75 Å². The molecule has 0 spiro atoms. The van der Waals surface area contributed by atoms with E-state index in [1.54, 1.807) is 12.1 Å². The van der Waals surface area contributed by atoms with Crippen molar-refractivity contribution in [2.45, 2.75) is 19.5 Å². The molecule has 1 nitrogen and oxygen atoms in total. The van der Waals surface area contributed by atoms with Crippen LogP contribution in [0.3, 0.4) is 0 Å². The summed E-state index contributed by atoms with van der Waals surface area (Å²) in [7, 11) is 0. The molecule has 0 N–H and O–H groups in total. The summed E-state index contributed by atoms with van der Waals surface area (Å²) < 4.78 is 28.3. The first-order valence-corrected chi connectivity index (χ1v) is 5.92. The Morgan fingerprint density at radius 3 is 2.73 bits per heavy atom. The van der Waals surface area contributed by atoms with E-state index in [1.807, 2.05) is 6.07 Å². The second-order valence-electron chi connectivity index (χ2n) is 2.94. The van der Waals surface area contributed by atoms with Gasteiger partial charge in [0, 0.05) is 5.33 Å². The molecule has 0 amide bonds. The highest BCUT2D eigenvalue weighted by molar-refractivity contribution is 9.09. The zero-order valence-corrected chi connectivity index (χ0v) is 10.2. The number of hydrogen-bond donors (Lipinski definition) is 0. The summed E-state index contributed by atoms with van der Waals surface area (Å²) in [4.78, 5) is 0. The molecule has 1 aromatic rings. The maximum absolute atomic E-state index is 12.0. The molecule has 0 fully saturated rings. The lowest BCUT2D eigenvalue weighted by atomic mass is 10.1. The molecule has 0 aliphatic rings. The molecular formula is C10H10BrClF2O. The normalized spacial score (nSPS) is 10.7. The number of aryl methyl sites for hydroxylation is 1. The van der Waals surface area contributed by atoms with Gasteiger partial charge in [-0.2, -0.15) is 8.78 Å². The minimum absolute atomic E-state index is 0.0405. The van der Waals surface area contributed by atoms with Crippen LogP contribution in [0, 0.1) is 0 Å². The topological polar surface area (TPSA) is 9.23 Å². The van der Waals surface area contributed by atoms with E-state index < -0.39 is 6.61 Å². The van der Waals surface area contributed by atoms with Crippen LogP contribution in [0.1, 0.15) is 12.0 Å². The third kappa shape index (κ3) is 4.34. The van der Waals surface area contributed by atoms with Crippen molar-refractivity contribution in [2.75, 3.05) is 5.33 Å². The molecule has 0 radical (unpaired) electrons. The van der Waals surface area contributed by atoms with Crippen LogP contribution >= 0.6 is 27.5 Å². The number of rotatable bonds is 5. The van der Waals surface area contributed by atoms with E-state index in [2.05, 4.69) is 20.7 Å². The standard InChI is InChI=1S/C10H10BrClF2O/c11-5-1-2-7-3-4-8(12)9(6-7)15-10(13)14/h3-4,6,10H,1-2,5H2. The van der Waals surface area contributed by atoms with Gasteiger partial charge in [0.05, 0.1) is 5.02 Å². The van der Waals surface area contributed by atoms with Gasteiger partial charge in [-0.05, 0) is 30.5 Å². The fraction of sp³-hybridized carbons (Fsp3) is 0.400. The van der Waals surface area contributed by atoms with Gasteiger partial charge in [-0.3, -0.25) is 0 Å². The van der Waals surface area contributed by atoms with Crippen molar-refractivity contribution in [3.05, 3.63) is 28.8 Å². The molecule has 5 heteroatoms. The third-order valence-electron chi connectivity index (χ3n) is 1.81. The Bertz CT molecular complexity index is 320. The van der Waals surface area contributed by atoms with Gasteiger partial charge in [0.1, 0.15) is 5.75 Å². The Hall–Kier alpha value is -0.350. The van der Waals surface area contributed by atoms with E-state index in [0.29, 0.717) is 0 Å². The van der Waals surface area contributed by atoms with Gasteiger partial charge in [0.15, 0.2) is 0 Å². The van der Waals surface area contributed by atoms with Crippen molar-refractivity contribution in [3.8, 4) is 5.75 Å². The summed E-state index contributed by atoms with van der Waals surface area (Å²) in [6.45, 7) is -2.84. The van der Waals surface area contributed by atoms with Gasteiger partial charge in [0.2, 0.25) is 0 Å². The average Bonchev–Trinajstić information content (AvgIpc) is 2.18. The highest BCUT2D eigenvalue weighted by atomic mass is 79.9. The first-order chi connectivity index (χ1) is 7.13. The van der Waals surface area contributed by atoms with Gasteiger partial charge in [-0.25, -0.2) is 0 Å². The number of benzene rings is 1. The number of hydrogen-bond acceptors (Lipinski definition) is 1. The summed E-state index contributed by atoms with van der Waals surface area (Å²) in [6.07, 6.45) is 1.75. The lowest BCUT2D eigenvalue weighted by Gasteiger charge is -2.08. The Morgan fingerprint density at radius 2 is 2.13 bits per heavy atom. The summed E-state index contributed by atoms with van der Waals surface area (Å²) in [5.74, 6) is 0.0405. The van der Waals surface area contributed by atoms with E-state index in [0.717, 1.165) is 23.7 Å². The summed E-state index contributed by atoms with van der Waals surface area (Å²) in [5, 5.41) is 1.08. The monoisotopic (exact) mass is 298 g/mol. The second kappa shape index (κ2) is 6.28. The van der Waals surface area contributed by atoms with Crippen LogP contribution in [0.25, 0.3) is 0 Å². The van der Waals surface area contributed by atoms with E-state index in [4.69, 9.17) is 11.6 Å². The fourth-order valence-corrected chi connectivity index (χ4v) is 1.60. The predicted octanol–water partition coefficient (Wildman–Crippen LogP) is 4.27. The molecular weight excluding hydrogens is 289 g/mol. The van der Waals surface area contributed by atoms with Crippen molar-refractivity contribution >= 4 is 27.5 Å². The summed E-state index contributed by atoms with van der Waals surface area (Å²) in [6, 6.07) is 4.93. The molecule has 0 saturated heterocycles. The first-order valence-electron chi connectivity index (χ1n) is 4.42. The van der Waals surface area contributed by atoms with Crippen molar-refractivity contribution in [3.63, 3.8) is 0 Å². The molecule has 0 bridgehead atoms. The van der Waals surface area contributed by atoms with Gasteiger partial charge in [-0.1, -0.05) is 33.6 Å². The minimum atomic E-state index is -2.84. The van der Waals surface area contributed by atoms with Gasteiger partial charge >= 0.3 is 6.61 Å². The van der Waals surface area contributed by atoms with E-state index in [-0.39, 0.29) is 10.8 Å². The minimum Gasteiger partial charge on any atom is -0.433 e. The highest BCUT2D eigenvalue weighted by Gasteiger charge is 2.09. The lowest BCUT2D eigenvalue weighted by molar-refractivity contribution is -0.0498. The van der Waals surface area contributed by atoms with Gasteiger partial charge in [-0.15, -0.1) is 0 Å². The predicted molar refractivity (Wildman–Crippen MR) is 60.2 cm³/mol. The third-order valence-corrected chi connectivity index (χ3v) is 2.68. The van der Waals surface area contributed by atoms with Crippen LogP contribution in [-0.2, 0) is 6.42 Å². The van der Waals surface area contributed by atoms with Crippen LogP contribution in [0.4, 0.5) is 8.78 Å². The Kier molecular flexibility index (Phi) is 5.32. The van der Waals surface area contributed by atoms with E-state index in [1.165, 1.54) is 0 Å². The second-order valence-corrected chi connectivity index (χ2v) is 4.14. The zero-order valence-electron chi connectivity index (χ0n) is 7.85. The smallest absolute Gasteiger partial charge is 0.387 e. The lowest BCUT2D eigenvalue weighted by Crippen LogP contribution is -2.02. The van der Waals surface area contributed by atoms with Crippen LogP contribution < -0.4 is 4.74 Å². The molecule has 0 unspecified atom stereocenters. The molecule has 84 valence electrons. The van der Waals surface area contributed by atoms with E-state index >= 15 is 0 Å². The zero-order chi connectivity index (χ0) is 11.3. The number of halogens is 4. The largest absolute Gasteiger partial charge is 0.433 e. The quantitative estimate of drug-likeness (QED) is 0.738. The highest BCUT2D eigenvalue weighted by Crippen LogP contribution is 2.27. The number of alkyl halides is 3. The van der Waals surface area contributed by atoms with Crippen LogP contribution in [0.15, 0.2) is 18.2 Å². The first kappa shape index (κ1) is 12.7.